The second kappa shape index (κ2) is 8.05. The second-order valence-corrected chi connectivity index (χ2v) is 5.62. The maximum absolute atomic E-state index is 11.4. The van der Waals surface area contributed by atoms with E-state index in [1.807, 2.05) is 6.92 Å². The molecule has 0 heterocycles. The molecule has 0 radical (unpaired) electrons. The van der Waals surface area contributed by atoms with Crippen molar-refractivity contribution in [2.75, 3.05) is 13.1 Å². The van der Waals surface area contributed by atoms with E-state index in [4.69, 9.17) is 0 Å². The third kappa shape index (κ3) is 4.64. The van der Waals surface area contributed by atoms with Crippen LogP contribution in [0.2, 0.25) is 0 Å². The zero-order valence-corrected chi connectivity index (χ0v) is 12.4. The molecule has 110 valence electrons. The molecule has 1 aromatic carbocycles. The molecule has 0 spiro atoms. The third-order valence-electron chi connectivity index (χ3n) is 4.16. The Labute approximate surface area is 122 Å². The molecule has 1 aromatic rings. The molecule has 3 nitrogen and oxygen atoms in total. The molecule has 1 amide bonds. The van der Waals surface area contributed by atoms with E-state index in [1.54, 1.807) is 0 Å². The van der Waals surface area contributed by atoms with Crippen LogP contribution in [0, 0.1) is 0 Å². The lowest BCUT2D eigenvalue weighted by molar-refractivity contribution is -0.120. The van der Waals surface area contributed by atoms with Crippen LogP contribution < -0.4 is 10.6 Å². The summed E-state index contributed by atoms with van der Waals surface area (Å²) < 4.78 is 0. The van der Waals surface area contributed by atoms with E-state index in [0.29, 0.717) is 12.5 Å². The van der Waals surface area contributed by atoms with Crippen molar-refractivity contribution in [3.63, 3.8) is 0 Å². The lowest BCUT2D eigenvalue weighted by Gasteiger charge is -2.29. The molecule has 0 atom stereocenters. The summed E-state index contributed by atoms with van der Waals surface area (Å²) in [7, 11) is 0. The highest BCUT2D eigenvalue weighted by molar-refractivity contribution is 5.75. The molecule has 20 heavy (non-hydrogen) atoms. The molecular weight excluding hydrogens is 248 g/mol. The Hall–Kier alpha value is -1.35. The maximum Gasteiger partial charge on any atom is 0.221 e. The molecule has 1 saturated carbocycles. The van der Waals surface area contributed by atoms with Crippen LogP contribution in [0.5, 0.6) is 0 Å². The Balaban J connectivity index is 1.66. The predicted molar refractivity (Wildman–Crippen MR) is 82.7 cm³/mol. The number of amides is 1. The third-order valence-corrected chi connectivity index (χ3v) is 4.16. The van der Waals surface area contributed by atoms with E-state index in [0.717, 1.165) is 19.0 Å². The Morgan fingerprint density at radius 1 is 1.15 bits per heavy atom. The summed E-state index contributed by atoms with van der Waals surface area (Å²) >= 11 is 0. The molecule has 1 aliphatic rings. The van der Waals surface area contributed by atoms with Crippen molar-refractivity contribution in [3.8, 4) is 0 Å². The van der Waals surface area contributed by atoms with E-state index in [-0.39, 0.29) is 5.91 Å². The SMILES string of the molecule is CCNC(=O)CCNC1CCC(c2ccccc2)CC1. The van der Waals surface area contributed by atoms with Crippen LogP contribution in [-0.2, 0) is 4.79 Å². The molecule has 2 rings (SSSR count). The van der Waals surface area contributed by atoms with Crippen LogP contribution in [0.3, 0.4) is 0 Å². The van der Waals surface area contributed by atoms with Gasteiger partial charge in [-0.3, -0.25) is 4.79 Å². The highest BCUT2D eigenvalue weighted by Gasteiger charge is 2.21. The quantitative estimate of drug-likeness (QED) is 0.837. The van der Waals surface area contributed by atoms with Gasteiger partial charge in [-0.25, -0.2) is 0 Å². The van der Waals surface area contributed by atoms with E-state index in [1.165, 1.54) is 31.2 Å². The van der Waals surface area contributed by atoms with Gasteiger partial charge in [0.05, 0.1) is 0 Å². The number of benzene rings is 1. The molecular formula is C17H26N2O. The smallest absolute Gasteiger partial charge is 0.221 e. The number of hydrogen-bond acceptors (Lipinski definition) is 2. The minimum atomic E-state index is 0.151. The van der Waals surface area contributed by atoms with Crippen LogP contribution in [0.4, 0.5) is 0 Å². The van der Waals surface area contributed by atoms with Gasteiger partial charge in [0, 0.05) is 25.6 Å². The monoisotopic (exact) mass is 274 g/mol. The fourth-order valence-electron chi connectivity index (χ4n) is 3.03. The van der Waals surface area contributed by atoms with Crippen molar-refractivity contribution in [2.24, 2.45) is 0 Å². The minimum absolute atomic E-state index is 0.151. The number of rotatable bonds is 6. The Morgan fingerprint density at radius 2 is 1.85 bits per heavy atom. The number of hydrogen-bond donors (Lipinski definition) is 2. The summed E-state index contributed by atoms with van der Waals surface area (Å²) in [5.41, 5.74) is 1.48. The lowest BCUT2D eigenvalue weighted by Crippen LogP contribution is -2.35. The molecule has 0 aliphatic heterocycles. The fourth-order valence-corrected chi connectivity index (χ4v) is 3.03. The zero-order valence-electron chi connectivity index (χ0n) is 12.4. The first-order valence-electron chi connectivity index (χ1n) is 7.84. The van der Waals surface area contributed by atoms with E-state index >= 15 is 0 Å². The predicted octanol–water partition coefficient (Wildman–Crippen LogP) is 2.83. The van der Waals surface area contributed by atoms with E-state index < -0.39 is 0 Å². The van der Waals surface area contributed by atoms with Gasteiger partial charge >= 0.3 is 0 Å². The highest BCUT2D eigenvalue weighted by atomic mass is 16.1. The first kappa shape index (κ1) is 15.0. The summed E-state index contributed by atoms with van der Waals surface area (Å²) in [6, 6.07) is 11.4. The topological polar surface area (TPSA) is 41.1 Å². The van der Waals surface area contributed by atoms with Crippen LogP contribution in [0.25, 0.3) is 0 Å². The van der Waals surface area contributed by atoms with Crippen LogP contribution in [-0.4, -0.2) is 25.0 Å². The number of carbonyl (C=O) groups is 1. The molecule has 3 heteroatoms. The van der Waals surface area contributed by atoms with Gasteiger partial charge < -0.3 is 10.6 Å². The maximum atomic E-state index is 11.4. The molecule has 1 fully saturated rings. The van der Waals surface area contributed by atoms with Crippen molar-refractivity contribution < 1.29 is 4.79 Å². The average Bonchev–Trinajstić information content (AvgIpc) is 2.49. The van der Waals surface area contributed by atoms with Crippen LogP contribution in [0.15, 0.2) is 30.3 Å². The van der Waals surface area contributed by atoms with Gasteiger partial charge in [0.25, 0.3) is 0 Å². The highest BCUT2D eigenvalue weighted by Crippen LogP contribution is 2.32. The first-order chi connectivity index (χ1) is 9.79. The summed E-state index contributed by atoms with van der Waals surface area (Å²) in [6.07, 6.45) is 5.53. The fraction of sp³-hybridized carbons (Fsp3) is 0.588. The van der Waals surface area contributed by atoms with Crippen molar-refractivity contribution in [1.82, 2.24) is 10.6 Å². The Kier molecular flexibility index (Phi) is 6.06. The van der Waals surface area contributed by atoms with Crippen molar-refractivity contribution in [1.29, 1.82) is 0 Å². The summed E-state index contributed by atoms with van der Waals surface area (Å²) in [6.45, 7) is 3.48. The minimum Gasteiger partial charge on any atom is -0.356 e. The normalized spacial score (nSPS) is 22.4. The molecule has 0 aromatic heterocycles. The van der Waals surface area contributed by atoms with Crippen molar-refractivity contribution in [2.45, 2.75) is 51.0 Å². The van der Waals surface area contributed by atoms with Crippen molar-refractivity contribution >= 4 is 5.91 Å². The summed E-state index contributed by atoms with van der Waals surface area (Å²) in [4.78, 5) is 11.4. The van der Waals surface area contributed by atoms with E-state index in [9.17, 15) is 4.79 Å². The molecule has 0 bridgehead atoms. The average molecular weight is 274 g/mol. The first-order valence-corrected chi connectivity index (χ1v) is 7.84. The van der Waals surface area contributed by atoms with Crippen LogP contribution >= 0.6 is 0 Å². The lowest BCUT2D eigenvalue weighted by atomic mass is 9.82. The van der Waals surface area contributed by atoms with Crippen molar-refractivity contribution in [3.05, 3.63) is 35.9 Å². The summed E-state index contributed by atoms with van der Waals surface area (Å²) in [5, 5.41) is 6.35. The van der Waals surface area contributed by atoms with Crippen LogP contribution in [0.1, 0.15) is 50.5 Å². The molecule has 2 N–H and O–H groups in total. The van der Waals surface area contributed by atoms with Gasteiger partial charge in [0.1, 0.15) is 0 Å². The number of nitrogens with one attached hydrogen (secondary N) is 2. The second-order valence-electron chi connectivity index (χ2n) is 5.62. The van der Waals surface area contributed by atoms with Gasteiger partial charge in [-0.15, -0.1) is 0 Å². The van der Waals surface area contributed by atoms with Gasteiger partial charge in [-0.2, -0.15) is 0 Å². The van der Waals surface area contributed by atoms with E-state index in [2.05, 4.69) is 41.0 Å². The van der Waals surface area contributed by atoms with Gasteiger partial charge in [-0.05, 0) is 44.1 Å². The molecule has 1 aliphatic carbocycles. The molecule has 0 unspecified atom stereocenters. The molecule has 0 saturated heterocycles. The largest absolute Gasteiger partial charge is 0.356 e. The van der Waals surface area contributed by atoms with Gasteiger partial charge in [-0.1, -0.05) is 30.3 Å². The number of carbonyl (C=O) groups excluding carboxylic acids is 1. The summed E-state index contributed by atoms with van der Waals surface area (Å²) in [5.74, 6) is 0.871. The van der Waals surface area contributed by atoms with Gasteiger partial charge in [0.15, 0.2) is 0 Å². The standard InChI is InChI=1S/C17H26N2O/c1-2-18-17(20)12-13-19-16-10-8-15(9-11-16)14-6-4-3-5-7-14/h3-7,15-16,19H,2,8-13H2,1H3,(H,18,20). The Bertz CT molecular complexity index is 397. The van der Waals surface area contributed by atoms with Gasteiger partial charge in [0.2, 0.25) is 5.91 Å². The Morgan fingerprint density at radius 3 is 2.50 bits per heavy atom. The zero-order chi connectivity index (χ0) is 14.2.